The van der Waals surface area contributed by atoms with Crippen LogP contribution in [0.5, 0.6) is 0 Å². The summed E-state index contributed by atoms with van der Waals surface area (Å²) in [6, 6.07) is 12.5. The van der Waals surface area contributed by atoms with Gasteiger partial charge in [-0.25, -0.2) is 4.39 Å². The third kappa shape index (κ3) is 3.93. The van der Waals surface area contributed by atoms with E-state index in [0.29, 0.717) is 10.6 Å². The second kappa shape index (κ2) is 6.16. The lowest BCUT2D eigenvalue weighted by atomic mass is 10.1. The number of hydrogen-bond donors (Lipinski definition) is 1. The molecule has 0 aliphatic rings. The molecule has 0 spiro atoms. The van der Waals surface area contributed by atoms with Gasteiger partial charge >= 0.3 is 0 Å². The number of carbonyl (C=O) groups excluding carboxylic acids is 1. The summed E-state index contributed by atoms with van der Waals surface area (Å²) in [4.78, 5) is 11.7. The van der Waals surface area contributed by atoms with Gasteiger partial charge in [-0.05, 0) is 42.5 Å². The number of benzene rings is 2. The maximum atomic E-state index is 12.7. The molecule has 96 valence electrons. The van der Waals surface area contributed by atoms with E-state index in [-0.39, 0.29) is 11.6 Å². The first-order valence-corrected chi connectivity index (χ1v) is 6.01. The highest BCUT2D eigenvalue weighted by atomic mass is 35.5. The maximum Gasteiger partial charge on any atom is 0.187 e. The lowest BCUT2D eigenvalue weighted by Crippen LogP contribution is -1.96. The molecule has 2 aromatic carbocycles. The van der Waals surface area contributed by atoms with Crippen molar-refractivity contribution in [1.82, 2.24) is 0 Å². The van der Waals surface area contributed by atoms with E-state index in [0.717, 1.165) is 5.69 Å². The molecule has 0 aliphatic heterocycles. The van der Waals surface area contributed by atoms with Crippen LogP contribution in [0.25, 0.3) is 0 Å². The minimum atomic E-state index is -0.363. The average molecular weight is 276 g/mol. The Balaban J connectivity index is 1.99. The highest BCUT2D eigenvalue weighted by molar-refractivity contribution is 6.30. The first-order chi connectivity index (χ1) is 9.15. The van der Waals surface area contributed by atoms with Crippen LogP contribution in [0.3, 0.4) is 0 Å². The summed E-state index contributed by atoms with van der Waals surface area (Å²) in [7, 11) is 0. The van der Waals surface area contributed by atoms with Crippen molar-refractivity contribution in [3.05, 3.63) is 77.2 Å². The third-order valence-corrected chi connectivity index (χ3v) is 2.67. The van der Waals surface area contributed by atoms with Gasteiger partial charge in [0.25, 0.3) is 0 Å². The predicted molar refractivity (Wildman–Crippen MR) is 74.9 cm³/mol. The van der Waals surface area contributed by atoms with Gasteiger partial charge in [-0.15, -0.1) is 0 Å². The number of ketones is 1. The van der Waals surface area contributed by atoms with Crippen LogP contribution >= 0.6 is 11.6 Å². The zero-order chi connectivity index (χ0) is 13.7. The average Bonchev–Trinajstić information content (AvgIpc) is 2.39. The number of anilines is 1. The minimum Gasteiger partial charge on any atom is -0.362 e. The fraction of sp³-hybridized carbons (Fsp3) is 0. The molecule has 0 atom stereocenters. The van der Waals surface area contributed by atoms with Crippen LogP contribution in [0, 0.1) is 5.82 Å². The molecule has 0 unspecified atom stereocenters. The highest BCUT2D eigenvalue weighted by Crippen LogP contribution is 2.14. The van der Waals surface area contributed by atoms with Gasteiger partial charge < -0.3 is 5.32 Å². The molecule has 0 aromatic heterocycles. The number of hydrogen-bond acceptors (Lipinski definition) is 2. The molecule has 0 bridgehead atoms. The van der Waals surface area contributed by atoms with Gasteiger partial charge in [-0.2, -0.15) is 0 Å². The van der Waals surface area contributed by atoms with Crippen molar-refractivity contribution in [3.63, 3.8) is 0 Å². The van der Waals surface area contributed by atoms with Crippen LogP contribution in [0.15, 0.2) is 60.8 Å². The fourth-order valence-electron chi connectivity index (χ4n) is 1.50. The van der Waals surface area contributed by atoms with Gasteiger partial charge in [0.15, 0.2) is 5.78 Å². The van der Waals surface area contributed by atoms with Crippen molar-refractivity contribution in [3.8, 4) is 0 Å². The first-order valence-electron chi connectivity index (χ1n) is 5.64. The molecule has 0 radical (unpaired) electrons. The molecule has 0 fully saturated rings. The van der Waals surface area contributed by atoms with E-state index in [1.54, 1.807) is 18.2 Å². The minimum absolute atomic E-state index is 0.200. The van der Waals surface area contributed by atoms with Crippen LogP contribution in [0.1, 0.15) is 10.4 Å². The van der Waals surface area contributed by atoms with Crippen LogP contribution < -0.4 is 5.32 Å². The summed E-state index contributed by atoms with van der Waals surface area (Å²) in [5, 5.41) is 3.55. The van der Waals surface area contributed by atoms with Gasteiger partial charge in [0.2, 0.25) is 0 Å². The summed E-state index contributed by atoms with van der Waals surface area (Å²) < 4.78 is 12.7. The Labute approximate surface area is 115 Å². The molecule has 19 heavy (non-hydrogen) atoms. The molecule has 0 amide bonds. The summed E-state index contributed by atoms with van der Waals surface area (Å²) in [6.07, 6.45) is 2.91. The number of halogens is 2. The lowest BCUT2D eigenvalue weighted by molar-refractivity contribution is 0.104. The van der Waals surface area contributed by atoms with Gasteiger partial charge in [0.05, 0.1) is 0 Å². The molecule has 0 saturated carbocycles. The number of rotatable bonds is 4. The second-order valence-electron chi connectivity index (χ2n) is 3.86. The molecule has 1 N–H and O–H groups in total. The molecule has 0 aliphatic carbocycles. The first kappa shape index (κ1) is 13.3. The molecule has 2 aromatic rings. The molecule has 0 heterocycles. The summed E-state index contributed by atoms with van der Waals surface area (Å²) in [6.45, 7) is 0. The Morgan fingerprint density at radius 3 is 2.58 bits per heavy atom. The topological polar surface area (TPSA) is 29.1 Å². The zero-order valence-corrected chi connectivity index (χ0v) is 10.7. The Bertz CT molecular complexity index is 608. The zero-order valence-electron chi connectivity index (χ0n) is 9.94. The van der Waals surface area contributed by atoms with Crippen molar-refractivity contribution in [2.75, 3.05) is 5.32 Å². The van der Waals surface area contributed by atoms with Gasteiger partial charge in [-0.1, -0.05) is 17.7 Å². The summed E-state index contributed by atoms with van der Waals surface area (Å²) in [5.74, 6) is -0.563. The Kier molecular flexibility index (Phi) is 4.31. The highest BCUT2D eigenvalue weighted by Gasteiger charge is 2.01. The molecule has 0 saturated heterocycles. The van der Waals surface area contributed by atoms with Crippen molar-refractivity contribution < 1.29 is 9.18 Å². The standard InChI is InChI=1S/C15H11ClFNO/c16-12-2-1-3-14(10-12)18-9-8-15(19)11-4-6-13(17)7-5-11/h1-10,18H/b9-8-. The Hall–Kier alpha value is -2.13. The SMILES string of the molecule is O=C(/C=C\Nc1cccc(Cl)c1)c1ccc(F)cc1. The van der Waals surface area contributed by atoms with Crippen molar-refractivity contribution in [1.29, 1.82) is 0 Å². The maximum absolute atomic E-state index is 12.7. The quantitative estimate of drug-likeness (QED) is 0.666. The van der Waals surface area contributed by atoms with E-state index >= 15 is 0 Å². The Morgan fingerprint density at radius 1 is 1.16 bits per heavy atom. The van der Waals surface area contributed by atoms with Gasteiger partial charge in [0.1, 0.15) is 5.82 Å². The van der Waals surface area contributed by atoms with E-state index in [9.17, 15) is 9.18 Å². The number of carbonyl (C=O) groups is 1. The normalized spacial score (nSPS) is 10.6. The smallest absolute Gasteiger partial charge is 0.187 e. The van der Waals surface area contributed by atoms with Crippen molar-refractivity contribution >= 4 is 23.1 Å². The van der Waals surface area contributed by atoms with E-state index < -0.39 is 0 Å². The molecule has 4 heteroatoms. The molecule has 2 nitrogen and oxygen atoms in total. The van der Waals surface area contributed by atoms with Crippen molar-refractivity contribution in [2.45, 2.75) is 0 Å². The van der Waals surface area contributed by atoms with Crippen LogP contribution in [-0.2, 0) is 0 Å². The van der Waals surface area contributed by atoms with Gasteiger partial charge in [-0.3, -0.25) is 4.79 Å². The van der Waals surface area contributed by atoms with E-state index in [2.05, 4.69) is 5.32 Å². The Morgan fingerprint density at radius 2 is 1.89 bits per heavy atom. The second-order valence-corrected chi connectivity index (χ2v) is 4.30. The monoisotopic (exact) mass is 275 g/mol. The predicted octanol–water partition coefficient (Wildman–Crippen LogP) is 4.29. The van der Waals surface area contributed by atoms with Crippen LogP contribution in [-0.4, -0.2) is 5.78 Å². The summed E-state index contributed by atoms with van der Waals surface area (Å²) >= 11 is 5.83. The van der Waals surface area contributed by atoms with E-state index in [4.69, 9.17) is 11.6 Å². The van der Waals surface area contributed by atoms with E-state index in [1.165, 1.54) is 36.5 Å². The van der Waals surface area contributed by atoms with Crippen molar-refractivity contribution in [2.24, 2.45) is 0 Å². The molecular formula is C15H11ClFNO. The molecular weight excluding hydrogens is 265 g/mol. The summed E-state index contributed by atoms with van der Waals surface area (Å²) in [5.41, 5.74) is 1.22. The fourth-order valence-corrected chi connectivity index (χ4v) is 1.69. The van der Waals surface area contributed by atoms with Crippen LogP contribution in [0.4, 0.5) is 10.1 Å². The largest absolute Gasteiger partial charge is 0.362 e. The van der Waals surface area contributed by atoms with E-state index in [1.807, 2.05) is 6.07 Å². The third-order valence-electron chi connectivity index (χ3n) is 2.44. The number of nitrogens with one attached hydrogen (secondary N) is 1. The lowest BCUT2D eigenvalue weighted by Gasteiger charge is -2.00. The number of allylic oxidation sites excluding steroid dienone is 1. The van der Waals surface area contributed by atoms with Gasteiger partial charge in [0, 0.05) is 28.5 Å². The van der Waals surface area contributed by atoms with Crippen LogP contribution in [0.2, 0.25) is 5.02 Å². The molecule has 2 rings (SSSR count).